The lowest BCUT2D eigenvalue weighted by atomic mass is 10.0. The third kappa shape index (κ3) is 2.40. The van der Waals surface area contributed by atoms with Gasteiger partial charge in [-0.2, -0.15) is 0 Å². The van der Waals surface area contributed by atoms with Crippen LogP contribution in [0, 0.1) is 5.82 Å². The molecular formula is C14H11FO2. The quantitative estimate of drug-likeness (QED) is 0.823. The predicted octanol–water partition coefficient (Wildman–Crippen LogP) is 2.80. The molecule has 0 bridgehead atoms. The van der Waals surface area contributed by atoms with Crippen molar-refractivity contribution in [3.05, 3.63) is 59.4 Å². The number of benzene rings is 2. The van der Waals surface area contributed by atoms with E-state index in [4.69, 9.17) is 5.11 Å². The Morgan fingerprint density at radius 1 is 1.18 bits per heavy atom. The number of aliphatic hydroxyl groups excluding tert-OH is 1. The molecule has 0 heterocycles. The van der Waals surface area contributed by atoms with E-state index in [1.165, 1.54) is 18.2 Å². The van der Waals surface area contributed by atoms with Crippen molar-refractivity contribution in [3.8, 4) is 11.1 Å². The van der Waals surface area contributed by atoms with Gasteiger partial charge in [0, 0.05) is 11.1 Å². The number of carbonyl (C=O) groups is 1. The van der Waals surface area contributed by atoms with Crippen LogP contribution in [0.4, 0.5) is 4.39 Å². The number of carbonyl (C=O) groups excluding carboxylic acids is 1. The van der Waals surface area contributed by atoms with Crippen LogP contribution < -0.4 is 0 Å². The van der Waals surface area contributed by atoms with E-state index in [1.54, 1.807) is 24.3 Å². The second-order valence-electron chi connectivity index (χ2n) is 3.72. The van der Waals surface area contributed by atoms with Gasteiger partial charge in [0.2, 0.25) is 0 Å². The zero-order valence-corrected chi connectivity index (χ0v) is 9.06. The van der Waals surface area contributed by atoms with E-state index in [-0.39, 0.29) is 12.4 Å². The van der Waals surface area contributed by atoms with Crippen LogP contribution in [0.3, 0.4) is 0 Å². The fourth-order valence-electron chi connectivity index (χ4n) is 1.67. The molecule has 17 heavy (non-hydrogen) atoms. The van der Waals surface area contributed by atoms with E-state index >= 15 is 0 Å². The minimum Gasteiger partial charge on any atom is -0.392 e. The first kappa shape index (κ1) is 11.5. The van der Waals surface area contributed by atoms with Crippen molar-refractivity contribution >= 4 is 6.29 Å². The highest BCUT2D eigenvalue weighted by atomic mass is 19.1. The smallest absolute Gasteiger partial charge is 0.150 e. The van der Waals surface area contributed by atoms with E-state index in [2.05, 4.69) is 0 Å². The van der Waals surface area contributed by atoms with E-state index in [9.17, 15) is 9.18 Å². The van der Waals surface area contributed by atoms with Crippen LogP contribution in [0.2, 0.25) is 0 Å². The molecule has 0 aromatic heterocycles. The molecule has 2 aromatic rings. The van der Waals surface area contributed by atoms with Crippen LogP contribution in [0.25, 0.3) is 11.1 Å². The number of rotatable bonds is 3. The second kappa shape index (κ2) is 4.89. The average molecular weight is 230 g/mol. The minimum absolute atomic E-state index is 0.0944. The number of halogens is 1. The van der Waals surface area contributed by atoms with Crippen LogP contribution >= 0.6 is 0 Å². The lowest BCUT2D eigenvalue weighted by Gasteiger charge is -2.06. The van der Waals surface area contributed by atoms with Gasteiger partial charge in [-0.05, 0) is 35.4 Å². The second-order valence-corrected chi connectivity index (χ2v) is 3.72. The number of aliphatic hydroxyl groups is 1. The van der Waals surface area contributed by atoms with Gasteiger partial charge < -0.3 is 5.11 Å². The maximum atomic E-state index is 13.6. The third-order valence-corrected chi connectivity index (χ3v) is 2.55. The normalized spacial score (nSPS) is 10.2. The molecule has 3 heteroatoms. The van der Waals surface area contributed by atoms with Crippen molar-refractivity contribution in [1.82, 2.24) is 0 Å². The Kier molecular flexibility index (Phi) is 3.30. The summed E-state index contributed by atoms with van der Waals surface area (Å²) < 4.78 is 13.6. The summed E-state index contributed by atoms with van der Waals surface area (Å²) in [5.41, 5.74) is 2.15. The molecule has 0 amide bonds. The molecule has 2 nitrogen and oxygen atoms in total. The lowest BCUT2D eigenvalue weighted by Crippen LogP contribution is -1.90. The van der Waals surface area contributed by atoms with E-state index in [1.807, 2.05) is 0 Å². The monoisotopic (exact) mass is 230 g/mol. The van der Waals surface area contributed by atoms with Crippen molar-refractivity contribution in [2.24, 2.45) is 0 Å². The molecule has 2 rings (SSSR count). The number of aldehydes is 1. The third-order valence-electron chi connectivity index (χ3n) is 2.55. The van der Waals surface area contributed by atoms with Crippen molar-refractivity contribution < 1.29 is 14.3 Å². The fourth-order valence-corrected chi connectivity index (χ4v) is 1.67. The topological polar surface area (TPSA) is 37.3 Å². The highest BCUT2D eigenvalue weighted by molar-refractivity contribution is 5.79. The summed E-state index contributed by atoms with van der Waals surface area (Å²) in [6.07, 6.45) is 0.679. The SMILES string of the molecule is O=Cc1ccc(F)c(-c2cccc(CO)c2)c1. The van der Waals surface area contributed by atoms with Crippen molar-refractivity contribution in [2.45, 2.75) is 6.61 Å². The molecule has 0 aliphatic heterocycles. The molecule has 1 N–H and O–H groups in total. The standard InChI is InChI=1S/C14H11FO2/c15-14-5-4-11(9-17)7-13(14)12-3-1-2-10(6-12)8-16/h1-7,9,16H,8H2. The van der Waals surface area contributed by atoms with Gasteiger partial charge in [0.25, 0.3) is 0 Å². The summed E-state index contributed by atoms with van der Waals surface area (Å²) in [4.78, 5) is 10.7. The van der Waals surface area contributed by atoms with E-state index in [0.717, 1.165) is 0 Å². The van der Waals surface area contributed by atoms with Gasteiger partial charge in [-0.1, -0.05) is 18.2 Å². The maximum Gasteiger partial charge on any atom is 0.150 e. The van der Waals surface area contributed by atoms with Gasteiger partial charge in [-0.3, -0.25) is 4.79 Å². The van der Waals surface area contributed by atoms with Crippen LogP contribution in [0.15, 0.2) is 42.5 Å². The summed E-state index contributed by atoms with van der Waals surface area (Å²) >= 11 is 0. The number of hydrogen-bond acceptors (Lipinski definition) is 2. The summed E-state index contributed by atoms with van der Waals surface area (Å²) in [5.74, 6) is -0.384. The fraction of sp³-hybridized carbons (Fsp3) is 0.0714. The minimum atomic E-state index is -0.384. The van der Waals surface area contributed by atoms with Crippen molar-refractivity contribution in [3.63, 3.8) is 0 Å². The summed E-state index contributed by atoms with van der Waals surface area (Å²) in [7, 11) is 0. The Hall–Kier alpha value is -2.00. The molecule has 0 radical (unpaired) electrons. The van der Waals surface area contributed by atoms with Crippen molar-refractivity contribution in [2.75, 3.05) is 0 Å². The summed E-state index contributed by atoms with van der Waals surface area (Å²) in [6, 6.07) is 11.1. The largest absolute Gasteiger partial charge is 0.392 e. The molecule has 0 unspecified atom stereocenters. The Balaban J connectivity index is 2.54. The van der Waals surface area contributed by atoms with Gasteiger partial charge in [-0.25, -0.2) is 4.39 Å². The van der Waals surface area contributed by atoms with Crippen LogP contribution in [0.5, 0.6) is 0 Å². The molecule has 0 aliphatic rings. The molecule has 0 fully saturated rings. The van der Waals surface area contributed by atoms with Gasteiger partial charge in [0.1, 0.15) is 12.1 Å². The molecular weight excluding hydrogens is 219 g/mol. The first-order chi connectivity index (χ1) is 8.24. The van der Waals surface area contributed by atoms with Gasteiger partial charge in [0.15, 0.2) is 0 Å². The highest BCUT2D eigenvalue weighted by Crippen LogP contribution is 2.24. The summed E-state index contributed by atoms with van der Waals surface area (Å²) in [6.45, 7) is -0.0944. The van der Waals surface area contributed by atoms with Gasteiger partial charge >= 0.3 is 0 Å². The van der Waals surface area contributed by atoms with Gasteiger partial charge in [0.05, 0.1) is 6.61 Å². The molecule has 0 spiro atoms. The van der Waals surface area contributed by atoms with Gasteiger partial charge in [-0.15, -0.1) is 0 Å². The Morgan fingerprint density at radius 3 is 2.71 bits per heavy atom. The maximum absolute atomic E-state index is 13.6. The molecule has 0 saturated heterocycles. The zero-order valence-electron chi connectivity index (χ0n) is 9.06. The molecule has 0 atom stereocenters. The van der Waals surface area contributed by atoms with E-state index in [0.29, 0.717) is 28.5 Å². The van der Waals surface area contributed by atoms with Crippen molar-refractivity contribution in [1.29, 1.82) is 0 Å². The van der Waals surface area contributed by atoms with Crippen LogP contribution in [-0.4, -0.2) is 11.4 Å². The Morgan fingerprint density at radius 2 is 2.00 bits per heavy atom. The highest BCUT2D eigenvalue weighted by Gasteiger charge is 2.06. The molecule has 0 aliphatic carbocycles. The lowest BCUT2D eigenvalue weighted by molar-refractivity contribution is 0.112. The number of hydrogen-bond donors (Lipinski definition) is 1. The van der Waals surface area contributed by atoms with E-state index < -0.39 is 0 Å². The predicted molar refractivity (Wildman–Crippen MR) is 63.1 cm³/mol. The zero-order chi connectivity index (χ0) is 12.3. The average Bonchev–Trinajstić information content (AvgIpc) is 2.39. The first-order valence-corrected chi connectivity index (χ1v) is 5.19. The Labute approximate surface area is 98.3 Å². The van der Waals surface area contributed by atoms with Crippen LogP contribution in [-0.2, 0) is 6.61 Å². The molecule has 2 aromatic carbocycles. The van der Waals surface area contributed by atoms with Crippen LogP contribution in [0.1, 0.15) is 15.9 Å². The summed E-state index contributed by atoms with van der Waals surface area (Å²) in [5, 5.41) is 9.03. The Bertz CT molecular complexity index is 550. The molecule has 0 saturated carbocycles. The molecule has 86 valence electrons. The first-order valence-electron chi connectivity index (χ1n) is 5.19.